The Bertz CT molecular complexity index is 127. The van der Waals surface area contributed by atoms with Crippen molar-refractivity contribution in [1.29, 1.82) is 0 Å². The third-order valence-electron chi connectivity index (χ3n) is 0.718. The van der Waals surface area contributed by atoms with Crippen LogP contribution in [0.4, 0.5) is 0 Å². The molecule has 0 aromatic rings. The van der Waals surface area contributed by atoms with Crippen molar-refractivity contribution in [2.45, 2.75) is 13.0 Å². The maximum atomic E-state index is 5.42. The van der Waals surface area contributed by atoms with Gasteiger partial charge in [0.1, 0.15) is 0 Å². The van der Waals surface area contributed by atoms with Crippen molar-refractivity contribution in [3.05, 3.63) is 22.8 Å². The largest absolute Gasteiger partial charge is 0.404 e. The topological polar surface area (TPSA) is 52.0 Å². The highest BCUT2D eigenvalue weighted by Gasteiger charge is 1.83. The highest BCUT2D eigenvalue weighted by Crippen LogP contribution is 2.03. The third-order valence-corrected chi connectivity index (χ3v) is 1.25. The number of nitrogens with two attached hydrogens (primary N) is 2. The summed E-state index contributed by atoms with van der Waals surface area (Å²) >= 11 is 3.20. The number of rotatable bonds is 2. The molecule has 0 aromatic carbocycles. The summed E-state index contributed by atoms with van der Waals surface area (Å²) in [5.74, 6) is 0. The Morgan fingerprint density at radius 2 is 2.22 bits per heavy atom. The molecule has 3 heteroatoms. The molecule has 52 valence electrons. The van der Waals surface area contributed by atoms with Crippen molar-refractivity contribution in [2.24, 2.45) is 11.5 Å². The predicted octanol–water partition coefficient (Wildman–Crippen LogP) is 1.08. The summed E-state index contributed by atoms with van der Waals surface area (Å²) in [6, 6.07) is 0.0810. The average molecular weight is 191 g/mol. The van der Waals surface area contributed by atoms with Crippen LogP contribution in [0.15, 0.2) is 22.8 Å². The second-order valence-corrected chi connectivity index (χ2v) is 2.69. The monoisotopic (exact) mass is 190 g/mol. The maximum Gasteiger partial charge on any atom is 0.0327 e. The number of hydrogen-bond acceptors (Lipinski definition) is 2. The molecule has 0 aliphatic carbocycles. The fraction of sp³-hybridized carbons (Fsp3) is 0.333. The molecule has 2 nitrogen and oxygen atoms in total. The summed E-state index contributed by atoms with van der Waals surface area (Å²) in [5.41, 5.74) is 10.6. The minimum Gasteiger partial charge on any atom is -0.404 e. The summed E-state index contributed by atoms with van der Waals surface area (Å²) < 4.78 is 0.847. The first kappa shape index (κ1) is 8.72. The molecule has 0 saturated heterocycles. The van der Waals surface area contributed by atoms with E-state index in [1.807, 2.05) is 19.1 Å². The van der Waals surface area contributed by atoms with E-state index in [2.05, 4.69) is 15.9 Å². The first-order valence-electron chi connectivity index (χ1n) is 2.68. The van der Waals surface area contributed by atoms with Crippen LogP contribution in [0.25, 0.3) is 0 Å². The second kappa shape index (κ2) is 4.58. The van der Waals surface area contributed by atoms with E-state index in [9.17, 15) is 0 Å². The van der Waals surface area contributed by atoms with E-state index in [4.69, 9.17) is 11.5 Å². The first-order valence-corrected chi connectivity index (χ1v) is 3.47. The Balaban J connectivity index is 3.71. The normalized spacial score (nSPS) is 16.6. The van der Waals surface area contributed by atoms with Crippen LogP contribution in [0.2, 0.25) is 0 Å². The lowest BCUT2D eigenvalue weighted by Crippen LogP contribution is -2.10. The fourth-order valence-electron chi connectivity index (χ4n) is 0.299. The van der Waals surface area contributed by atoms with Gasteiger partial charge in [-0.25, -0.2) is 0 Å². The summed E-state index contributed by atoms with van der Waals surface area (Å²) in [4.78, 5) is 0. The van der Waals surface area contributed by atoms with Gasteiger partial charge in [-0.3, -0.25) is 0 Å². The summed E-state index contributed by atoms with van der Waals surface area (Å²) in [6.07, 6.45) is 5.15. The van der Waals surface area contributed by atoms with E-state index in [1.165, 1.54) is 6.20 Å². The van der Waals surface area contributed by atoms with Gasteiger partial charge in [0.2, 0.25) is 0 Å². The molecule has 0 aliphatic heterocycles. The van der Waals surface area contributed by atoms with Crippen molar-refractivity contribution >= 4 is 15.9 Å². The van der Waals surface area contributed by atoms with Crippen LogP contribution in [0.1, 0.15) is 6.92 Å². The molecular formula is C6H11BrN2. The van der Waals surface area contributed by atoms with Crippen molar-refractivity contribution < 1.29 is 0 Å². The molecule has 4 N–H and O–H groups in total. The molecule has 0 radical (unpaired) electrons. The zero-order valence-electron chi connectivity index (χ0n) is 5.34. The van der Waals surface area contributed by atoms with E-state index in [0.29, 0.717) is 0 Å². The molecule has 0 aliphatic rings. The smallest absolute Gasteiger partial charge is 0.0327 e. The van der Waals surface area contributed by atoms with E-state index in [-0.39, 0.29) is 6.04 Å². The van der Waals surface area contributed by atoms with Gasteiger partial charge in [0.05, 0.1) is 0 Å². The van der Waals surface area contributed by atoms with Gasteiger partial charge in [-0.05, 0) is 28.9 Å². The summed E-state index contributed by atoms with van der Waals surface area (Å²) in [7, 11) is 0. The van der Waals surface area contributed by atoms with Crippen molar-refractivity contribution in [3.63, 3.8) is 0 Å². The van der Waals surface area contributed by atoms with Gasteiger partial charge in [0.25, 0.3) is 0 Å². The van der Waals surface area contributed by atoms with Crippen molar-refractivity contribution in [2.75, 3.05) is 0 Å². The predicted molar refractivity (Wildman–Crippen MR) is 44.0 cm³/mol. The van der Waals surface area contributed by atoms with E-state index >= 15 is 0 Å². The van der Waals surface area contributed by atoms with Gasteiger partial charge in [-0.15, -0.1) is 0 Å². The molecule has 0 aromatic heterocycles. The minimum absolute atomic E-state index is 0.0810. The maximum absolute atomic E-state index is 5.42. The molecule has 0 saturated carbocycles. The lowest BCUT2D eigenvalue weighted by Gasteiger charge is -1.92. The van der Waals surface area contributed by atoms with Crippen LogP contribution in [0.5, 0.6) is 0 Å². The Hall–Kier alpha value is -0.280. The molecule has 0 spiro atoms. The number of hydrogen-bond donors (Lipinski definition) is 2. The SMILES string of the molecule is CC(N)/C=C\C(Br)=C/N. The fourth-order valence-corrected chi connectivity index (χ4v) is 0.452. The van der Waals surface area contributed by atoms with Gasteiger partial charge < -0.3 is 11.5 Å². The van der Waals surface area contributed by atoms with E-state index in [1.54, 1.807) is 0 Å². The van der Waals surface area contributed by atoms with Crippen LogP contribution in [-0.2, 0) is 0 Å². The molecular weight excluding hydrogens is 180 g/mol. The highest BCUT2D eigenvalue weighted by molar-refractivity contribution is 9.11. The lowest BCUT2D eigenvalue weighted by molar-refractivity contribution is 0.926. The number of allylic oxidation sites excluding steroid dienone is 2. The van der Waals surface area contributed by atoms with Crippen LogP contribution in [-0.4, -0.2) is 6.04 Å². The first-order chi connectivity index (χ1) is 4.16. The molecule has 1 unspecified atom stereocenters. The molecule has 0 amide bonds. The van der Waals surface area contributed by atoms with Crippen LogP contribution in [0, 0.1) is 0 Å². The lowest BCUT2D eigenvalue weighted by atomic mass is 10.3. The summed E-state index contributed by atoms with van der Waals surface area (Å²) in [6.45, 7) is 1.90. The Morgan fingerprint density at radius 1 is 1.67 bits per heavy atom. The highest BCUT2D eigenvalue weighted by atomic mass is 79.9. The second-order valence-electron chi connectivity index (χ2n) is 1.77. The van der Waals surface area contributed by atoms with Gasteiger partial charge in [0.15, 0.2) is 0 Å². The summed E-state index contributed by atoms with van der Waals surface area (Å²) in [5, 5.41) is 0. The van der Waals surface area contributed by atoms with Crippen molar-refractivity contribution in [3.8, 4) is 0 Å². The Morgan fingerprint density at radius 3 is 2.56 bits per heavy atom. The van der Waals surface area contributed by atoms with E-state index in [0.717, 1.165) is 4.48 Å². The third kappa shape index (κ3) is 5.59. The molecule has 9 heavy (non-hydrogen) atoms. The van der Waals surface area contributed by atoms with Gasteiger partial charge in [-0.1, -0.05) is 6.08 Å². The minimum atomic E-state index is 0.0810. The Kier molecular flexibility index (Phi) is 4.44. The van der Waals surface area contributed by atoms with Crippen LogP contribution < -0.4 is 11.5 Å². The van der Waals surface area contributed by atoms with Gasteiger partial charge in [-0.2, -0.15) is 0 Å². The molecule has 0 bridgehead atoms. The molecule has 1 atom stereocenters. The van der Waals surface area contributed by atoms with Gasteiger partial charge in [0, 0.05) is 16.7 Å². The van der Waals surface area contributed by atoms with Gasteiger partial charge >= 0.3 is 0 Å². The Labute approximate surface area is 63.7 Å². The molecule has 0 heterocycles. The quantitative estimate of drug-likeness (QED) is 0.641. The average Bonchev–Trinajstić information content (AvgIpc) is 1.83. The molecule has 0 rings (SSSR count). The standard InChI is InChI=1S/C6H11BrN2/c1-5(9)2-3-6(7)4-8/h2-5H,8-9H2,1H3/b3-2-,6-4+. The molecule has 0 fully saturated rings. The number of halogens is 1. The van der Waals surface area contributed by atoms with Crippen LogP contribution >= 0.6 is 15.9 Å². The van der Waals surface area contributed by atoms with Crippen molar-refractivity contribution in [1.82, 2.24) is 0 Å². The zero-order chi connectivity index (χ0) is 7.28. The van der Waals surface area contributed by atoms with Crippen LogP contribution in [0.3, 0.4) is 0 Å². The van der Waals surface area contributed by atoms with E-state index < -0.39 is 0 Å². The zero-order valence-corrected chi connectivity index (χ0v) is 6.93.